The predicted molar refractivity (Wildman–Crippen MR) is 108 cm³/mol. The first-order valence-electron chi connectivity index (χ1n) is 8.08. The van der Waals surface area contributed by atoms with Crippen LogP contribution in [0.4, 0.5) is 0 Å². The van der Waals surface area contributed by atoms with Gasteiger partial charge in [-0.15, -0.1) is 0 Å². The van der Waals surface area contributed by atoms with Crippen molar-refractivity contribution in [1.29, 1.82) is 0 Å². The molecule has 0 fully saturated rings. The van der Waals surface area contributed by atoms with E-state index in [0.717, 1.165) is 18.3 Å². The zero-order valence-electron chi connectivity index (χ0n) is 15.7. The average molecular weight is 456 g/mol. The highest BCUT2D eigenvalue weighted by Crippen LogP contribution is 2.20. The lowest BCUT2D eigenvalue weighted by molar-refractivity contribution is 0.0981. The third-order valence-corrected chi connectivity index (χ3v) is 6.11. The molecule has 154 valence electrons. The highest BCUT2D eigenvalue weighted by atomic mass is 35.5. The normalized spacial score (nSPS) is 12.0. The molecule has 8 nitrogen and oxygen atoms in total. The highest BCUT2D eigenvalue weighted by Gasteiger charge is 2.26. The fraction of sp³-hybridized carbons (Fsp3) is 0.222. The molecule has 0 saturated carbocycles. The highest BCUT2D eigenvalue weighted by molar-refractivity contribution is 7.92. The van der Waals surface area contributed by atoms with Crippen LogP contribution in [0.2, 0.25) is 5.02 Å². The van der Waals surface area contributed by atoms with E-state index < -0.39 is 35.7 Å². The number of aromatic nitrogens is 1. The summed E-state index contributed by atoms with van der Waals surface area (Å²) in [4.78, 5) is 15.1. The van der Waals surface area contributed by atoms with Crippen LogP contribution in [0.3, 0.4) is 0 Å². The summed E-state index contributed by atoms with van der Waals surface area (Å²) in [5.41, 5.74) is -0.195. The maximum Gasteiger partial charge on any atom is 0.266 e. The van der Waals surface area contributed by atoms with E-state index in [2.05, 4.69) is 16.8 Å². The first-order chi connectivity index (χ1) is 13.2. The standard InChI is InChI=1S/C18H18ClN3O5S2/c1-18(2,3)9-8-14-13(19)10-12(11-21-14)17(23)22-29(26,27)16-7-5-4-6-15(16)28(20,24)25/h4-7,10-11H,1-3H3,(H,22,23)(H2,20,24,25). The van der Waals surface area contributed by atoms with E-state index in [-0.39, 0.29) is 21.7 Å². The van der Waals surface area contributed by atoms with Crippen molar-refractivity contribution in [2.24, 2.45) is 10.6 Å². The topological polar surface area (TPSA) is 136 Å². The van der Waals surface area contributed by atoms with Gasteiger partial charge in [-0.3, -0.25) is 4.79 Å². The van der Waals surface area contributed by atoms with Crippen molar-refractivity contribution in [3.63, 3.8) is 0 Å². The molecular formula is C18H18ClN3O5S2. The lowest BCUT2D eigenvalue weighted by Gasteiger charge is -2.10. The van der Waals surface area contributed by atoms with Crippen LogP contribution in [0.25, 0.3) is 0 Å². The fourth-order valence-electron chi connectivity index (χ4n) is 2.04. The average Bonchev–Trinajstić information content (AvgIpc) is 2.58. The van der Waals surface area contributed by atoms with Crippen LogP contribution in [0.5, 0.6) is 0 Å². The SMILES string of the molecule is CC(C)(C)C#Cc1ncc(C(=O)NS(=O)(=O)c2ccccc2S(N)(=O)=O)cc1Cl. The number of halogens is 1. The molecule has 0 bridgehead atoms. The predicted octanol–water partition coefficient (Wildman–Crippen LogP) is 1.90. The smallest absolute Gasteiger partial charge is 0.266 e. The number of amides is 1. The van der Waals surface area contributed by atoms with Gasteiger partial charge in [-0.05, 0) is 44.9 Å². The Labute approximate surface area is 174 Å². The molecule has 1 amide bonds. The largest absolute Gasteiger partial charge is 0.268 e. The molecule has 0 atom stereocenters. The Balaban J connectivity index is 2.36. The van der Waals surface area contributed by atoms with Gasteiger partial charge in [-0.1, -0.05) is 29.7 Å². The molecular weight excluding hydrogens is 438 g/mol. The van der Waals surface area contributed by atoms with Gasteiger partial charge < -0.3 is 0 Å². The quantitative estimate of drug-likeness (QED) is 0.675. The van der Waals surface area contributed by atoms with Crippen molar-refractivity contribution in [2.75, 3.05) is 0 Å². The van der Waals surface area contributed by atoms with Crippen molar-refractivity contribution >= 4 is 37.6 Å². The zero-order chi connectivity index (χ0) is 22.0. The second-order valence-corrected chi connectivity index (χ2v) is 10.6. The molecule has 0 aliphatic heterocycles. The summed E-state index contributed by atoms with van der Waals surface area (Å²) < 4.78 is 50.1. The van der Waals surface area contributed by atoms with Crippen LogP contribution >= 0.6 is 11.6 Å². The van der Waals surface area contributed by atoms with Crippen LogP contribution in [0.15, 0.2) is 46.3 Å². The number of nitrogens with two attached hydrogens (primary N) is 1. The second kappa shape index (κ2) is 8.12. The van der Waals surface area contributed by atoms with Crippen molar-refractivity contribution in [3.05, 3.63) is 52.8 Å². The summed E-state index contributed by atoms with van der Waals surface area (Å²) in [6.07, 6.45) is 1.12. The summed E-state index contributed by atoms with van der Waals surface area (Å²) >= 11 is 6.09. The third kappa shape index (κ3) is 6.01. The molecule has 0 aliphatic rings. The number of nitrogens with zero attached hydrogens (tertiary/aromatic N) is 1. The Bertz CT molecular complexity index is 1240. The van der Waals surface area contributed by atoms with Crippen LogP contribution < -0.4 is 9.86 Å². The number of hydrogen-bond donors (Lipinski definition) is 2. The molecule has 1 aromatic heterocycles. The number of sulfonamides is 2. The Hall–Kier alpha value is -2.45. The lowest BCUT2D eigenvalue weighted by Crippen LogP contribution is -2.32. The maximum absolute atomic E-state index is 12.5. The minimum atomic E-state index is -4.53. The second-order valence-electron chi connectivity index (χ2n) is 6.98. The Kier molecular flexibility index (Phi) is 6.39. The first kappa shape index (κ1) is 22.8. The van der Waals surface area contributed by atoms with Gasteiger partial charge in [0.25, 0.3) is 15.9 Å². The summed E-state index contributed by atoms with van der Waals surface area (Å²) in [6.45, 7) is 5.71. The molecule has 2 aromatic rings. The van der Waals surface area contributed by atoms with Crippen LogP contribution in [0, 0.1) is 17.3 Å². The van der Waals surface area contributed by atoms with Crippen LogP contribution in [-0.4, -0.2) is 27.7 Å². The molecule has 0 radical (unpaired) electrons. The Morgan fingerprint density at radius 2 is 1.72 bits per heavy atom. The van der Waals surface area contributed by atoms with E-state index >= 15 is 0 Å². The van der Waals surface area contributed by atoms with Crippen LogP contribution in [0.1, 0.15) is 36.8 Å². The molecule has 0 saturated heterocycles. The minimum Gasteiger partial charge on any atom is -0.268 e. The van der Waals surface area contributed by atoms with E-state index in [0.29, 0.717) is 0 Å². The van der Waals surface area contributed by atoms with E-state index in [9.17, 15) is 21.6 Å². The number of carbonyl (C=O) groups excluding carboxylic acids is 1. The van der Waals surface area contributed by atoms with Crippen molar-refractivity contribution in [2.45, 2.75) is 30.6 Å². The number of pyridine rings is 1. The molecule has 0 aliphatic carbocycles. The maximum atomic E-state index is 12.5. The number of carbonyl (C=O) groups is 1. The first-order valence-corrected chi connectivity index (χ1v) is 11.5. The molecule has 1 aromatic carbocycles. The van der Waals surface area contributed by atoms with Crippen molar-refractivity contribution < 1.29 is 21.6 Å². The monoisotopic (exact) mass is 455 g/mol. The summed E-state index contributed by atoms with van der Waals surface area (Å²) in [5.74, 6) is 4.70. The van der Waals surface area contributed by atoms with E-state index in [4.69, 9.17) is 16.7 Å². The van der Waals surface area contributed by atoms with Crippen molar-refractivity contribution in [1.82, 2.24) is 9.71 Å². The lowest BCUT2D eigenvalue weighted by atomic mass is 9.98. The molecule has 2 rings (SSSR count). The number of benzene rings is 1. The molecule has 3 N–H and O–H groups in total. The van der Waals surface area contributed by atoms with Gasteiger partial charge in [0.1, 0.15) is 15.5 Å². The molecule has 0 unspecified atom stereocenters. The number of hydrogen-bond acceptors (Lipinski definition) is 6. The Morgan fingerprint density at radius 3 is 2.24 bits per heavy atom. The van der Waals surface area contributed by atoms with Gasteiger partial charge in [0.05, 0.1) is 10.6 Å². The van der Waals surface area contributed by atoms with E-state index in [1.807, 2.05) is 20.8 Å². The minimum absolute atomic E-state index is 0.0664. The van der Waals surface area contributed by atoms with Gasteiger partial charge in [-0.2, -0.15) is 0 Å². The fourth-order valence-corrected chi connectivity index (χ4v) is 4.61. The Morgan fingerprint density at radius 1 is 1.14 bits per heavy atom. The van der Waals surface area contributed by atoms with E-state index in [1.165, 1.54) is 18.2 Å². The summed E-state index contributed by atoms with van der Waals surface area (Å²) in [5, 5.41) is 5.11. The molecule has 29 heavy (non-hydrogen) atoms. The number of primary sulfonamides is 1. The summed E-state index contributed by atoms with van der Waals surface area (Å²) in [7, 11) is -8.86. The van der Waals surface area contributed by atoms with Gasteiger partial charge in [0, 0.05) is 11.6 Å². The summed E-state index contributed by atoms with van der Waals surface area (Å²) in [6, 6.07) is 5.87. The van der Waals surface area contributed by atoms with E-state index in [1.54, 1.807) is 4.72 Å². The van der Waals surface area contributed by atoms with Crippen molar-refractivity contribution in [3.8, 4) is 11.8 Å². The zero-order valence-corrected chi connectivity index (χ0v) is 18.1. The van der Waals surface area contributed by atoms with Gasteiger partial charge in [0.15, 0.2) is 0 Å². The number of nitrogens with one attached hydrogen (secondary N) is 1. The number of rotatable bonds is 4. The van der Waals surface area contributed by atoms with Gasteiger partial charge in [0.2, 0.25) is 10.0 Å². The third-order valence-electron chi connectivity index (χ3n) is 3.33. The molecule has 1 heterocycles. The van der Waals surface area contributed by atoms with Crippen LogP contribution in [-0.2, 0) is 20.0 Å². The molecule has 11 heteroatoms. The van der Waals surface area contributed by atoms with Gasteiger partial charge >= 0.3 is 0 Å². The van der Waals surface area contributed by atoms with Gasteiger partial charge in [-0.25, -0.2) is 31.7 Å². The molecule has 0 spiro atoms.